The number of pyridine rings is 2. The molecule has 0 saturated heterocycles. The van der Waals surface area contributed by atoms with Gasteiger partial charge in [-0.15, -0.1) is 0 Å². The van der Waals surface area contributed by atoms with Gasteiger partial charge in [0.05, 0.1) is 19.3 Å². The summed E-state index contributed by atoms with van der Waals surface area (Å²) in [4.78, 5) is 8.52. The lowest BCUT2D eigenvalue weighted by molar-refractivity contribution is 0.396. The molecule has 3 N–H and O–H groups in total. The molecule has 0 aliphatic carbocycles. The number of aromatic nitrogens is 2. The number of rotatable bonds is 6. The van der Waals surface area contributed by atoms with Crippen LogP contribution in [0.15, 0.2) is 36.8 Å². The zero-order valence-corrected chi connectivity index (χ0v) is 11.8. The number of nitrogens with one attached hydrogen (secondary N) is 1. The molecule has 0 aliphatic rings. The molecule has 0 aromatic carbocycles. The van der Waals surface area contributed by atoms with Crippen LogP contribution in [0, 0.1) is 0 Å². The molecule has 5 heteroatoms. The van der Waals surface area contributed by atoms with Crippen molar-refractivity contribution in [2.45, 2.75) is 25.8 Å². The van der Waals surface area contributed by atoms with Crippen LogP contribution < -0.4 is 16.0 Å². The van der Waals surface area contributed by atoms with Crippen molar-refractivity contribution in [3.05, 3.63) is 53.6 Å². The Hall–Kier alpha value is -1.98. The molecule has 0 saturated carbocycles. The second-order valence-electron chi connectivity index (χ2n) is 4.55. The van der Waals surface area contributed by atoms with E-state index < -0.39 is 0 Å². The second-order valence-corrected chi connectivity index (χ2v) is 4.55. The highest BCUT2D eigenvalue weighted by atomic mass is 16.5. The summed E-state index contributed by atoms with van der Waals surface area (Å²) in [7, 11) is 1.63. The van der Waals surface area contributed by atoms with Gasteiger partial charge in [-0.05, 0) is 24.1 Å². The standard InChI is InChI=1S/C15H20N4O/c1-3-11-4-5-12(18-9-11)8-14(19-16)13-6-7-17-10-15(13)20-2/h4-7,9-10,14,19H,3,8,16H2,1-2H3. The Bertz CT molecular complexity index is 542. The molecular weight excluding hydrogens is 252 g/mol. The van der Waals surface area contributed by atoms with E-state index in [0.717, 1.165) is 23.4 Å². The highest BCUT2D eigenvalue weighted by Crippen LogP contribution is 2.25. The van der Waals surface area contributed by atoms with Gasteiger partial charge in [-0.25, -0.2) is 0 Å². The summed E-state index contributed by atoms with van der Waals surface area (Å²) in [6.45, 7) is 2.11. The molecular formula is C15H20N4O. The molecule has 0 aliphatic heterocycles. The zero-order valence-electron chi connectivity index (χ0n) is 11.8. The molecule has 1 atom stereocenters. The highest BCUT2D eigenvalue weighted by Gasteiger charge is 2.16. The number of hydrazine groups is 1. The first-order valence-electron chi connectivity index (χ1n) is 6.66. The molecule has 106 valence electrons. The third kappa shape index (κ3) is 3.31. The summed E-state index contributed by atoms with van der Waals surface area (Å²) in [5.41, 5.74) is 6.02. The predicted octanol–water partition coefficient (Wildman–Crippen LogP) is 1.79. The van der Waals surface area contributed by atoms with Crippen molar-refractivity contribution in [3.63, 3.8) is 0 Å². The van der Waals surface area contributed by atoms with E-state index in [9.17, 15) is 0 Å². The van der Waals surface area contributed by atoms with Crippen molar-refractivity contribution < 1.29 is 4.74 Å². The van der Waals surface area contributed by atoms with E-state index in [1.165, 1.54) is 5.56 Å². The van der Waals surface area contributed by atoms with Gasteiger partial charge >= 0.3 is 0 Å². The van der Waals surface area contributed by atoms with Gasteiger partial charge < -0.3 is 4.74 Å². The SMILES string of the molecule is CCc1ccc(CC(NN)c2ccncc2OC)nc1. The molecule has 0 fully saturated rings. The van der Waals surface area contributed by atoms with Crippen LogP contribution in [-0.4, -0.2) is 17.1 Å². The number of aryl methyl sites for hydroxylation is 1. The fourth-order valence-electron chi connectivity index (χ4n) is 2.10. The van der Waals surface area contributed by atoms with Gasteiger partial charge in [-0.2, -0.15) is 0 Å². The minimum atomic E-state index is -0.0621. The Kier molecular flexibility index (Phi) is 5.03. The van der Waals surface area contributed by atoms with Crippen molar-refractivity contribution in [2.24, 2.45) is 5.84 Å². The average molecular weight is 272 g/mol. The number of methoxy groups -OCH3 is 1. The van der Waals surface area contributed by atoms with Gasteiger partial charge in [0.1, 0.15) is 5.75 Å². The minimum Gasteiger partial charge on any atom is -0.495 e. The van der Waals surface area contributed by atoms with E-state index in [4.69, 9.17) is 10.6 Å². The van der Waals surface area contributed by atoms with Crippen LogP contribution in [0.25, 0.3) is 0 Å². The van der Waals surface area contributed by atoms with Gasteiger partial charge in [0.25, 0.3) is 0 Å². The summed E-state index contributed by atoms with van der Waals surface area (Å²) in [6.07, 6.45) is 7.01. The van der Waals surface area contributed by atoms with Gasteiger partial charge in [0, 0.05) is 30.1 Å². The van der Waals surface area contributed by atoms with Gasteiger partial charge in [0.15, 0.2) is 0 Å². The summed E-state index contributed by atoms with van der Waals surface area (Å²) < 4.78 is 5.32. The second kappa shape index (κ2) is 6.98. The molecule has 0 spiro atoms. The molecule has 2 rings (SSSR count). The summed E-state index contributed by atoms with van der Waals surface area (Å²) >= 11 is 0. The topological polar surface area (TPSA) is 73.1 Å². The fourth-order valence-corrected chi connectivity index (χ4v) is 2.10. The lowest BCUT2D eigenvalue weighted by atomic mass is 10.0. The summed E-state index contributed by atoms with van der Waals surface area (Å²) in [5, 5.41) is 0. The molecule has 20 heavy (non-hydrogen) atoms. The third-order valence-electron chi connectivity index (χ3n) is 3.32. The van der Waals surface area contributed by atoms with Crippen LogP contribution in [0.2, 0.25) is 0 Å². The van der Waals surface area contributed by atoms with Crippen LogP contribution >= 0.6 is 0 Å². The van der Waals surface area contributed by atoms with Crippen molar-refractivity contribution in [3.8, 4) is 5.75 Å². The molecule has 5 nitrogen and oxygen atoms in total. The smallest absolute Gasteiger partial charge is 0.141 e. The number of hydrogen-bond acceptors (Lipinski definition) is 5. The maximum atomic E-state index is 5.68. The Morgan fingerprint density at radius 1 is 1.30 bits per heavy atom. The van der Waals surface area contributed by atoms with Crippen LogP contribution in [0.1, 0.15) is 29.8 Å². The van der Waals surface area contributed by atoms with E-state index in [2.05, 4.69) is 28.4 Å². The van der Waals surface area contributed by atoms with Gasteiger partial charge in [-0.1, -0.05) is 13.0 Å². The van der Waals surface area contributed by atoms with Crippen LogP contribution in [-0.2, 0) is 12.8 Å². The Labute approximate surface area is 119 Å². The maximum Gasteiger partial charge on any atom is 0.141 e. The van der Waals surface area contributed by atoms with Gasteiger partial charge in [0.2, 0.25) is 0 Å². The quantitative estimate of drug-likeness (QED) is 0.619. The minimum absolute atomic E-state index is 0.0621. The van der Waals surface area contributed by atoms with Crippen molar-refractivity contribution in [1.82, 2.24) is 15.4 Å². The highest BCUT2D eigenvalue weighted by molar-refractivity contribution is 5.33. The van der Waals surface area contributed by atoms with Crippen LogP contribution in [0.5, 0.6) is 5.75 Å². The lowest BCUT2D eigenvalue weighted by Crippen LogP contribution is -2.30. The van der Waals surface area contributed by atoms with E-state index in [1.54, 1.807) is 19.5 Å². The Morgan fingerprint density at radius 2 is 2.15 bits per heavy atom. The molecule has 0 radical (unpaired) electrons. The number of nitrogens with two attached hydrogens (primary N) is 1. The predicted molar refractivity (Wildman–Crippen MR) is 78.2 cm³/mol. The first-order valence-corrected chi connectivity index (χ1v) is 6.66. The molecule has 2 aromatic rings. The van der Waals surface area contributed by atoms with E-state index >= 15 is 0 Å². The van der Waals surface area contributed by atoms with Crippen molar-refractivity contribution >= 4 is 0 Å². The Balaban J connectivity index is 2.19. The fraction of sp³-hybridized carbons (Fsp3) is 0.333. The zero-order chi connectivity index (χ0) is 14.4. The third-order valence-corrected chi connectivity index (χ3v) is 3.32. The molecule has 0 bridgehead atoms. The molecule has 1 unspecified atom stereocenters. The first kappa shape index (κ1) is 14.4. The average Bonchev–Trinajstić information content (AvgIpc) is 2.53. The van der Waals surface area contributed by atoms with E-state index in [-0.39, 0.29) is 6.04 Å². The lowest BCUT2D eigenvalue weighted by Gasteiger charge is -2.18. The Morgan fingerprint density at radius 3 is 2.75 bits per heavy atom. The number of hydrogen-bond donors (Lipinski definition) is 2. The largest absolute Gasteiger partial charge is 0.495 e. The van der Waals surface area contributed by atoms with Crippen molar-refractivity contribution in [1.29, 1.82) is 0 Å². The van der Waals surface area contributed by atoms with Crippen LogP contribution in [0.3, 0.4) is 0 Å². The summed E-state index contributed by atoms with van der Waals surface area (Å²) in [6, 6.07) is 5.98. The van der Waals surface area contributed by atoms with Crippen LogP contribution in [0.4, 0.5) is 0 Å². The molecule has 2 heterocycles. The van der Waals surface area contributed by atoms with Crippen molar-refractivity contribution in [2.75, 3.05) is 7.11 Å². The molecule has 2 aromatic heterocycles. The first-order chi connectivity index (χ1) is 9.78. The monoisotopic (exact) mass is 272 g/mol. The summed E-state index contributed by atoms with van der Waals surface area (Å²) in [5.74, 6) is 6.40. The maximum absolute atomic E-state index is 5.68. The normalized spacial score (nSPS) is 12.2. The van der Waals surface area contributed by atoms with E-state index in [1.807, 2.05) is 18.3 Å². The number of nitrogens with zero attached hydrogens (tertiary/aromatic N) is 2. The van der Waals surface area contributed by atoms with Gasteiger partial charge in [-0.3, -0.25) is 21.2 Å². The molecule has 0 amide bonds. The van der Waals surface area contributed by atoms with E-state index in [0.29, 0.717) is 6.42 Å². The number of ether oxygens (including phenoxy) is 1.